The Morgan fingerprint density at radius 1 is 0.737 bits per heavy atom. The highest BCUT2D eigenvalue weighted by molar-refractivity contribution is 5.27. The van der Waals surface area contributed by atoms with E-state index in [1.807, 2.05) is 12.1 Å². The van der Waals surface area contributed by atoms with Crippen molar-refractivity contribution in [1.82, 2.24) is 0 Å². The average Bonchev–Trinajstić information content (AvgIpc) is 2.48. The van der Waals surface area contributed by atoms with Gasteiger partial charge in [0.2, 0.25) is 0 Å². The van der Waals surface area contributed by atoms with Gasteiger partial charge >= 0.3 is 0 Å². The molecule has 0 fully saturated rings. The SMILES string of the molecule is CCc1ccc(CC(O)c2ccc(CC)cc2)cc1. The van der Waals surface area contributed by atoms with E-state index in [2.05, 4.69) is 50.2 Å². The van der Waals surface area contributed by atoms with E-state index in [1.54, 1.807) is 0 Å². The van der Waals surface area contributed by atoms with E-state index in [1.165, 1.54) is 16.7 Å². The second-order valence-electron chi connectivity index (χ2n) is 4.99. The minimum Gasteiger partial charge on any atom is -0.388 e. The normalized spacial score (nSPS) is 12.4. The lowest BCUT2D eigenvalue weighted by Gasteiger charge is -2.12. The molecule has 2 aromatic rings. The zero-order valence-corrected chi connectivity index (χ0v) is 11.8. The third-order valence-corrected chi connectivity index (χ3v) is 3.63. The summed E-state index contributed by atoms with van der Waals surface area (Å²) in [7, 11) is 0. The fourth-order valence-electron chi connectivity index (χ4n) is 2.23. The van der Waals surface area contributed by atoms with Crippen LogP contribution in [0.25, 0.3) is 0 Å². The first kappa shape index (κ1) is 13.8. The summed E-state index contributed by atoms with van der Waals surface area (Å²) in [5.74, 6) is 0. The summed E-state index contributed by atoms with van der Waals surface area (Å²) in [5, 5.41) is 10.3. The minimum atomic E-state index is -0.418. The third-order valence-electron chi connectivity index (χ3n) is 3.63. The number of benzene rings is 2. The molecule has 1 heteroatoms. The van der Waals surface area contributed by atoms with Crippen LogP contribution in [0, 0.1) is 0 Å². The molecule has 1 atom stereocenters. The molecule has 0 heterocycles. The second-order valence-corrected chi connectivity index (χ2v) is 4.99. The van der Waals surface area contributed by atoms with E-state index >= 15 is 0 Å². The summed E-state index contributed by atoms with van der Waals surface area (Å²) in [6.45, 7) is 4.29. The van der Waals surface area contributed by atoms with Crippen molar-refractivity contribution in [1.29, 1.82) is 0 Å². The fourth-order valence-corrected chi connectivity index (χ4v) is 2.23. The third kappa shape index (κ3) is 3.68. The molecule has 0 aliphatic heterocycles. The Kier molecular flexibility index (Phi) is 4.75. The van der Waals surface area contributed by atoms with Crippen LogP contribution in [0.3, 0.4) is 0 Å². The van der Waals surface area contributed by atoms with Crippen molar-refractivity contribution in [2.24, 2.45) is 0 Å². The Morgan fingerprint density at radius 3 is 1.63 bits per heavy atom. The van der Waals surface area contributed by atoms with Gasteiger partial charge in [-0.3, -0.25) is 0 Å². The van der Waals surface area contributed by atoms with Crippen molar-refractivity contribution in [3.63, 3.8) is 0 Å². The monoisotopic (exact) mass is 254 g/mol. The molecule has 0 radical (unpaired) electrons. The molecule has 0 amide bonds. The number of aliphatic hydroxyl groups excluding tert-OH is 1. The molecule has 2 aromatic carbocycles. The van der Waals surface area contributed by atoms with Gasteiger partial charge in [-0.1, -0.05) is 62.4 Å². The van der Waals surface area contributed by atoms with Crippen molar-refractivity contribution < 1.29 is 5.11 Å². The predicted molar refractivity (Wildman–Crippen MR) is 80.3 cm³/mol. The fraction of sp³-hybridized carbons (Fsp3) is 0.333. The first-order valence-electron chi connectivity index (χ1n) is 7.07. The summed E-state index contributed by atoms with van der Waals surface area (Å²) < 4.78 is 0. The number of rotatable bonds is 5. The molecule has 1 N–H and O–H groups in total. The average molecular weight is 254 g/mol. The largest absolute Gasteiger partial charge is 0.388 e. The van der Waals surface area contributed by atoms with Crippen LogP contribution in [0.1, 0.15) is 42.2 Å². The molecule has 0 aliphatic carbocycles. The molecule has 0 bridgehead atoms. The number of hydrogen-bond acceptors (Lipinski definition) is 1. The lowest BCUT2D eigenvalue weighted by Crippen LogP contribution is -2.02. The van der Waals surface area contributed by atoms with Crippen LogP contribution in [-0.2, 0) is 19.3 Å². The standard InChI is InChI=1S/C18H22O/c1-3-14-5-7-16(8-6-14)13-18(19)17-11-9-15(4-2)10-12-17/h5-12,18-19H,3-4,13H2,1-2H3. The van der Waals surface area contributed by atoms with Crippen molar-refractivity contribution in [2.45, 2.75) is 39.2 Å². The number of hydrogen-bond donors (Lipinski definition) is 1. The van der Waals surface area contributed by atoms with Gasteiger partial charge in [0.1, 0.15) is 0 Å². The van der Waals surface area contributed by atoms with E-state index in [-0.39, 0.29) is 0 Å². The molecule has 0 aromatic heterocycles. The molecule has 2 rings (SSSR count). The van der Waals surface area contributed by atoms with Crippen LogP contribution in [0.15, 0.2) is 48.5 Å². The van der Waals surface area contributed by atoms with Crippen LogP contribution in [0.4, 0.5) is 0 Å². The van der Waals surface area contributed by atoms with Gasteiger partial charge in [0.05, 0.1) is 6.10 Å². The minimum absolute atomic E-state index is 0.418. The van der Waals surface area contributed by atoms with E-state index in [0.717, 1.165) is 18.4 Å². The Bertz CT molecular complexity index is 496. The molecule has 1 unspecified atom stereocenters. The Hall–Kier alpha value is -1.60. The van der Waals surface area contributed by atoms with Crippen molar-refractivity contribution in [2.75, 3.05) is 0 Å². The highest BCUT2D eigenvalue weighted by Gasteiger charge is 2.08. The molecule has 100 valence electrons. The molecule has 0 saturated heterocycles. The van der Waals surface area contributed by atoms with Gasteiger partial charge in [0.15, 0.2) is 0 Å². The quantitative estimate of drug-likeness (QED) is 0.852. The maximum atomic E-state index is 10.3. The second kappa shape index (κ2) is 6.53. The summed E-state index contributed by atoms with van der Waals surface area (Å²) >= 11 is 0. The van der Waals surface area contributed by atoms with Crippen LogP contribution in [-0.4, -0.2) is 5.11 Å². The van der Waals surface area contributed by atoms with Gasteiger partial charge in [0.25, 0.3) is 0 Å². The molecular weight excluding hydrogens is 232 g/mol. The molecule has 0 spiro atoms. The Morgan fingerprint density at radius 2 is 1.16 bits per heavy atom. The van der Waals surface area contributed by atoms with Crippen LogP contribution in [0.2, 0.25) is 0 Å². The maximum Gasteiger partial charge on any atom is 0.0830 e. The highest BCUT2D eigenvalue weighted by Crippen LogP contribution is 2.19. The van der Waals surface area contributed by atoms with E-state index in [4.69, 9.17) is 0 Å². The topological polar surface area (TPSA) is 20.2 Å². The number of aliphatic hydroxyl groups is 1. The highest BCUT2D eigenvalue weighted by atomic mass is 16.3. The van der Waals surface area contributed by atoms with E-state index < -0.39 is 6.10 Å². The molecule has 1 nitrogen and oxygen atoms in total. The van der Waals surface area contributed by atoms with Crippen LogP contribution < -0.4 is 0 Å². The van der Waals surface area contributed by atoms with Crippen LogP contribution in [0.5, 0.6) is 0 Å². The molecular formula is C18H22O. The van der Waals surface area contributed by atoms with Gasteiger partial charge in [-0.15, -0.1) is 0 Å². The van der Waals surface area contributed by atoms with Gasteiger partial charge in [0, 0.05) is 6.42 Å². The lowest BCUT2D eigenvalue weighted by atomic mass is 9.99. The van der Waals surface area contributed by atoms with Gasteiger partial charge in [-0.05, 0) is 35.1 Å². The van der Waals surface area contributed by atoms with Crippen molar-refractivity contribution >= 4 is 0 Å². The summed E-state index contributed by atoms with van der Waals surface area (Å²) in [4.78, 5) is 0. The van der Waals surface area contributed by atoms with Crippen molar-refractivity contribution in [3.05, 3.63) is 70.8 Å². The molecule has 19 heavy (non-hydrogen) atoms. The summed E-state index contributed by atoms with van der Waals surface area (Å²) in [6.07, 6.45) is 2.35. The lowest BCUT2D eigenvalue weighted by molar-refractivity contribution is 0.178. The van der Waals surface area contributed by atoms with E-state index in [9.17, 15) is 5.11 Å². The Balaban J connectivity index is 2.04. The zero-order chi connectivity index (χ0) is 13.7. The predicted octanol–water partition coefficient (Wildman–Crippen LogP) is 4.09. The van der Waals surface area contributed by atoms with Gasteiger partial charge < -0.3 is 5.11 Å². The number of aryl methyl sites for hydroxylation is 2. The summed E-state index contributed by atoms with van der Waals surface area (Å²) in [6, 6.07) is 16.8. The summed E-state index contributed by atoms with van der Waals surface area (Å²) in [5.41, 5.74) is 4.83. The first-order chi connectivity index (χ1) is 9.22. The van der Waals surface area contributed by atoms with Gasteiger partial charge in [-0.25, -0.2) is 0 Å². The van der Waals surface area contributed by atoms with E-state index in [0.29, 0.717) is 6.42 Å². The van der Waals surface area contributed by atoms with Crippen molar-refractivity contribution in [3.8, 4) is 0 Å². The maximum absolute atomic E-state index is 10.3. The smallest absolute Gasteiger partial charge is 0.0830 e. The molecule has 0 saturated carbocycles. The molecule has 0 aliphatic rings. The van der Waals surface area contributed by atoms with Gasteiger partial charge in [-0.2, -0.15) is 0 Å². The Labute approximate surface area is 115 Å². The zero-order valence-electron chi connectivity index (χ0n) is 11.8. The van der Waals surface area contributed by atoms with Crippen LogP contribution >= 0.6 is 0 Å². The first-order valence-corrected chi connectivity index (χ1v) is 7.07.